The Balaban J connectivity index is 1.55. The maximum Gasteiger partial charge on any atom is 0.266 e. The molecule has 1 aromatic carbocycles. The van der Waals surface area contributed by atoms with E-state index < -0.39 is 6.10 Å². The van der Waals surface area contributed by atoms with Crippen molar-refractivity contribution in [2.24, 2.45) is 0 Å². The minimum Gasteiger partial charge on any atom is -0.478 e. The molecule has 2 amide bonds. The molecular formula is C16H20N2O4. The first-order valence-electron chi connectivity index (χ1n) is 7.58. The Morgan fingerprint density at radius 1 is 1.45 bits per heavy atom. The van der Waals surface area contributed by atoms with Gasteiger partial charge in [-0.3, -0.25) is 9.59 Å². The fourth-order valence-corrected chi connectivity index (χ4v) is 2.67. The largest absolute Gasteiger partial charge is 0.478 e. The highest BCUT2D eigenvalue weighted by Crippen LogP contribution is 2.30. The number of hydrogen-bond acceptors (Lipinski definition) is 4. The van der Waals surface area contributed by atoms with Gasteiger partial charge < -0.3 is 20.1 Å². The van der Waals surface area contributed by atoms with Crippen LogP contribution in [-0.4, -0.2) is 37.2 Å². The van der Waals surface area contributed by atoms with Crippen LogP contribution in [0, 0.1) is 6.92 Å². The normalized spacial score (nSPS) is 23.4. The Morgan fingerprint density at radius 3 is 3.09 bits per heavy atom. The molecule has 0 spiro atoms. The van der Waals surface area contributed by atoms with Crippen LogP contribution in [0.25, 0.3) is 0 Å². The van der Waals surface area contributed by atoms with Crippen LogP contribution in [0.1, 0.15) is 24.8 Å². The van der Waals surface area contributed by atoms with Gasteiger partial charge >= 0.3 is 0 Å². The lowest BCUT2D eigenvalue weighted by Gasteiger charge is -2.25. The average Bonchev–Trinajstić information content (AvgIpc) is 2.99. The number of benzene rings is 1. The molecule has 0 bridgehead atoms. The lowest BCUT2D eigenvalue weighted by Crippen LogP contribution is -2.42. The Morgan fingerprint density at radius 2 is 2.32 bits per heavy atom. The lowest BCUT2D eigenvalue weighted by atomic mass is 10.1. The molecule has 6 heteroatoms. The van der Waals surface area contributed by atoms with Crippen LogP contribution >= 0.6 is 0 Å². The quantitative estimate of drug-likeness (QED) is 0.881. The first-order valence-corrected chi connectivity index (χ1v) is 7.58. The average molecular weight is 304 g/mol. The fourth-order valence-electron chi connectivity index (χ4n) is 2.67. The summed E-state index contributed by atoms with van der Waals surface area (Å²) < 4.78 is 11.1. The number of carbonyl (C=O) groups excluding carboxylic acids is 2. The number of aryl methyl sites for hydroxylation is 1. The maximum atomic E-state index is 12.0. The van der Waals surface area contributed by atoms with Crippen LogP contribution in [0.3, 0.4) is 0 Å². The van der Waals surface area contributed by atoms with Gasteiger partial charge in [0.15, 0.2) is 6.10 Å². The molecule has 1 saturated heterocycles. The van der Waals surface area contributed by atoms with Crippen molar-refractivity contribution in [2.75, 3.05) is 18.5 Å². The fraction of sp³-hybridized carbons (Fsp3) is 0.500. The molecule has 2 aliphatic heterocycles. The highest BCUT2D eigenvalue weighted by Gasteiger charge is 2.30. The van der Waals surface area contributed by atoms with Crippen molar-refractivity contribution in [3.8, 4) is 5.75 Å². The van der Waals surface area contributed by atoms with Crippen LogP contribution in [0.15, 0.2) is 18.2 Å². The topological polar surface area (TPSA) is 76.7 Å². The Hall–Kier alpha value is -2.08. The summed E-state index contributed by atoms with van der Waals surface area (Å²) in [5.74, 6) is 0.110. The van der Waals surface area contributed by atoms with Gasteiger partial charge in [-0.05, 0) is 37.5 Å². The van der Waals surface area contributed by atoms with E-state index in [1.807, 2.05) is 19.1 Å². The van der Waals surface area contributed by atoms with Gasteiger partial charge in [-0.2, -0.15) is 0 Å². The van der Waals surface area contributed by atoms with E-state index in [0.29, 0.717) is 18.0 Å². The smallest absolute Gasteiger partial charge is 0.266 e. The molecule has 2 aliphatic rings. The highest BCUT2D eigenvalue weighted by molar-refractivity contribution is 6.00. The van der Waals surface area contributed by atoms with Gasteiger partial charge in [-0.1, -0.05) is 6.07 Å². The van der Waals surface area contributed by atoms with Crippen molar-refractivity contribution in [1.82, 2.24) is 5.32 Å². The Labute approximate surface area is 129 Å². The van der Waals surface area contributed by atoms with Crippen molar-refractivity contribution in [1.29, 1.82) is 0 Å². The zero-order valence-corrected chi connectivity index (χ0v) is 12.6. The van der Waals surface area contributed by atoms with Crippen LogP contribution in [-0.2, 0) is 14.3 Å². The van der Waals surface area contributed by atoms with Crippen molar-refractivity contribution in [2.45, 2.75) is 38.4 Å². The van der Waals surface area contributed by atoms with Crippen molar-refractivity contribution in [3.05, 3.63) is 23.8 Å². The van der Waals surface area contributed by atoms with Gasteiger partial charge in [0.05, 0.1) is 18.2 Å². The van der Waals surface area contributed by atoms with Gasteiger partial charge in [0.2, 0.25) is 5.91 Å². The molecule has 1 fully saturated rings. The molecule has 22 heavy (non-hydrogen) atoms. The third-order valence-electron chi connectivity index (χ3n) is 3.88. The summed E-state index contributed by atoms with van der Waals surface area (Å²) in [5, 5.41) is 5.59. The molecule has 2 N–H and O–H groups in total. The number of carbonyl (C=O) groups is 2. The van der Waals surface area contributed by atoms with Crippen molar-refractivity contribution in [3.63, 3.8) is 0 Å². The van der Waals surface area contributed by atoms with E-state index in [4.69, 9.17) is 9.47 Å². The minimum absolute atomic E-state index is 0.00582. The first kappa shape index (κ1) is 14.8. The zero-order chi connectivity index (χ0) is 15.5. The SMILES string of the molecule is Cc1ccc2c(c1)NC(=O)C(CC(=O)NCC1CCCO1)O2. The summed E-state index contributed by atoms with van der Waals surface area (Å²) in [6.45, 7) is 3.19. The van der Waals surface area contributed by atoms with Gasteiger partial charge in [0.1, 0.15) is 5.75 Å². The second-order valence-corrected chi connectivity index (χ2v) is 5.74. The van der Waals surface area contributed by atoms with E-state index in [1.54, 1.807) is 6.07 Å². The first-order chi connectivity index (χ1) is 10.6. The Kier molecular flexibility index (Phi) is 4.29. The van der Waals surface area contributed by atoms with E-state index in [-0.39, 0.29) is 24.3 Å². The van der Waals surface area contributed by atoms with Gasteiger partial charge in [0, 0.05) is 13.2 Å². The monoisotopic (exact) mass is 304 g/mol. The molecule has 2 atom stereocenters. The molecule has 0 radical (unpaired) electrons. The number of nitrogens with one attached hydrogen (secondary N) is 2. The summed E-state index contributed by atoms with van der Waals surface area (Å²) >= 11 is 0. The van der Waals surface area contributed by atoms with E-state index in [2.05, 4.69) is 10.6 Å². The second kappa shape index (κ2) is 6.36. The summed E-state index contributed by atoms with van der Waals surface area (Å²) in [4.78, 5) is 24.0. The third-order valence-corrected chi connectivity index (χ3v) is 3.88. The summed E-state index contributed by atoms with van der Waals surface area (Å²) in [7, 11) is 0. The molecule has 3 rings (SSSR count). The number of rotatable bonds is 4. The molecule has 1 aromatic rings. The molecule has 0 aromatic heterocycles. The van der Waals surface area contributed by atoms with E-state index in [1.165, 1.54) is 0 Å². The standard InChI is InChI=1S/C16H20N2O4/c1-10-4-5-13-12(7-10)18-16(20)14(22-13)8-15(19)17-9-11-3-2-6-21-11/h4-5,7,11,14H,2-3,6,8-9H2,1H3,(H,17,19)(H,18,20). The summed E-state index contributed by atoms with van der Waals surface area (Å²) in [5.41, 5.74) is 1.69. The number of hydrogen-bond donors (Lipinski definition) is 2. The summed E-state index contributed by atoms with van der Waals surface area (Å²) in [6.07, 6.45) is 1.30. The number of anilines is 1. The van der Waals surface area contributed by atoms with Gasteiger partial charge in [0.25, 0.3) is 5.91 Å². The van der Waals surface area contributed by atoms with Crippen LogP contribution in [0.2, 0.25) is 0 Å². The number of fused-ring (bicyclic) bond motifs is 1. The minimum atomic E-state index is -0.792. The lowest BCUT2D eigenvalue weighted by molar-refractivity contribution is -0.130. The molecule has 0 saturated carbocycles. The molecular weight excluding hydrogens is 284 g/mol. The van der Waals surface area contributed by atoms with Crippen molar-refractivity contribution >= 4 is 17.5 Å². The third kappa shape index (κ3) is 3.39. The second-order valence-electron chi connectivity index (χ2n) is 5.74. The molecule has 0 aliphatic carbocycles. The molecule has 118 valence electrons. The van der Waals surface area contributed by atoms with E-state index >= 15 is 0 Å². The molecule has 2 heterocycles. The van der Waals surface area contributed by atoms with Crippen LogP contribution in [0.5, 0.6) is 5.75 Å². The predicted octanol–water partition coefficient (Wildman–Crippen LogP) is 1.38. The molecule has 2 unspecified atom stereocenters. The van der Waals surface area contributed by atoms with E-state index in [0.717, 1.165) is 25.0 Å². The molecule has 6 nitrogen and oxygen atoms in total. The summed E-state index contributed by atoms with van der Waals surface area (Å²) in [6, 6.07) is 5.56. The predicted molar refractivity (Wildman–Crippen MR) is 80.8 cm³/mol. The number of amides is 2. The zero-order valence-electron chi connectivity index (χ0n) is 12.6. The highest BCUT2D eigenvalue weighted by atomic mass is 16.5. The van der Waals surface area contributed by atoms with Crippen LogP contribution in [0.4, 0.5) is 5.69 Å². The van der Waals surface area contributed by atoms with Gasteiger partial charge in [-0.15, -0.1) is 0 Å². The van der Waals surface area contributed by atoms with E-state index in [9.17, 15) is 9.59 Å². The Bertz CT molecular complexity index is 582. The van der Waals surface area contributed by atoms with Crippen LogP contribution < -0.4 is 15.4 Å². The number of ether oxygens (including phenoxy) is 2. The van der Waals surface area contributed by atoms with Gasteiger partial charge in [-0.25, -0.2) is 0 Å². The van der Waals surface area contributed by atoms with Crippen molar-refractivity contribution < 1.29 is 19.1 Å². The maximum absolute atomic E-state index is 12.0.